The van der Waals surface area contributed by atoms with Crippen LogP contribution in [0.1, 0.15) is 123 Å². The fourth-order valence-electron chi connectivity index (χ4n) is 6.14. The number of likely N-dealkylation sites (tertiary alicyclic amines) is 2. The van der Waals surface area contributed by atoms with E-state index in [1.165, 1.54) is 45.4 Å². The summed E-state index contributed by atoms with van der Waals surface area (Å²) < 4.78 is 0. The Balaban J connectivity index is 1.77. The molecule has 3 atom stereocenters. The van der Waals surface area contributed by atoms with Crippen LogP contribution in [0.2, 0.25) is 0 Å². The summed E-state index contributed by atoms with van der Waals surface area (Å²) in [6.45, 7) is 5.91. The highest BCUT2D eigenvalue weighted by molar-refractivity contribution is 5.92. The van der Waals surface area contributed by atoms with Gasteiger partial charge >= 0.3 is 0 Å². The van der Waals surface area contributed by atoms with Crippen molar-refractivity contribution in [3.05, 3.63) is 0 Å². The first-order valence-corrected chi connectivity index (χ1v) is 16.9. The molecular formula is C32H58N6O5. The molecule has 2 rings (SSSR count). The molecule has 0 bridgehead atoms. The molecule has 5 N–H and O–H groups in total. The number of nitrogens with zero attached hydrogens (tertiary/aromatic N) is 2. The topological polar surface area (TPSA) is 154 Å². The van der Waals surface area contributed by atoms with Gasteiger partial charge in [-0.3, -0.25) is 24.0 Å². The van der Waals surface area contributed by atoms with E-state index in [0.29, 0.717) is 71.2 Å². The van der Waals surface area contributed by atoms with Gasteiger partial charge in [0.2, 0.25) is 29.5 Å². The number of hydrogen-bond acceptors (Lipinski definition) is 6. The van der Waals surface area contributed by atoms with E-state index >= 15 is 0 Å². The van der Waals surface area contributed by atoms with Crippen LogP contribution in [-0.2, 0) is 24.0 Å². The maximum Gasteiger partial charge on any atom is 0.243 e. The highest BCUT2D eigenvalue weighted by Gasteiger charge is 2.35. The van der Waals surface area contributed by atoms with Crippen LogP contribution in [-0.4, -0.2) is 90.2 Å². The van der Waals surface area contributed by atoms with Crippen molar-refractivity contribution in [3.63, 3.8) is 0 Å². The van der Waals surface area contributed by atoms with Gasteiger partial charge < -0.3 is 31.5 Å². The lowest BCUT2D eigenvalue weighted by atomic mass is 10.1. The summed E-state index contributed by atoms with van der Waals surface area (Å²) in [6, 6.07) is -1.71. The van der Waals surface area contributed by atoms with Gasteiger partial charge in [-0.05, 0) is 51.4 Å². The van der Waals surface area contributed by atoms with Crippen LogP contribution in [0.15, 0.2) is 0 Å². The molecule has 2 aliphatic heterocycles. The monoisotopic (exact) mass is 606 g/mol. The van der Waals surface area contributed by atoms with E-state index in [1.807, 2.05) is 0 Å². The van der Waals surface area contributed by atoms with Gasteiger partial charge in [-0.2, -0.15) is 0 Å². The Morgan fingerprint density at radius 2 is 1.35 bits per heavy atom. The largest absolute Gasteiger partial charge is 0.354 e. The number of unbranched alkanes of at least 4 members (excludes halogenated alkanes) is 9. The minimum Gasteiger partial charge on any atom is -0.354 e. The number of amides is 5. The van der Waals surface area contributed by atoms with Gasteiger partial charge in [0.05, 0.1) is 0 Å². The SMILES string of the molecule is CCCCCCCCCCCC(=O)N1CCCC1C(=O)NC(CCCCNC(=O)C1CCCN1C(C)=O)C(=O)NCCN. The molecule has 43 heavy (non-hydrogen) atoms. The average Bonchev–Trinajstić information content (AvgIpc) is 3.69. The van der Waals surface area contributed by atoms with Crippen LogP contribution in [0.4, 0.5) is 0 Å². The zero-order valence-electron chi connectivity index (χ0n) is 26.8. The van der Waals surface area contributed by atoms with Crippen LogP contribution in [0.5, 0.6) is 0 Å². The molecule has 2 saturated heterocycles. The molecule has 0 aromatic heterocycles. The van der Waals surface area contributed by atoms with Crippen molar-refractivity contribution in [2.24, 2.45) is 5.73 Å². The predicted octanol–water partition coefficient (Wildman–Crippen LogP) is 2.76. The van der Waals surface area contributed by atoms with Crippen LogP contribution in [0.3, 0.4) is 0 Å². The van der Waals surface area contributed by atoms with Crippen molar-refractivity contribution in [3.8, 4) is 0 Å². The molecular weight excluding hydrogens is 548 g/mol. The highest BCUT2D eigenvalue weighted by Crippen LogP contribution is 2.21. The smallest absolute Gasteiger partial charge is 0.243 e. The fourth-order valence-corrected chi connectivity index (χ4v) is 6.14. The summed E-state index contributed by atoms with van der Waals surface area (Å²) in [5.41, 5.74) is 5.56. The summed E-state index contributed by atoms with van der Waals surface area (Å²) in [7, 11) is 0. The molecule has 2 aliphatic rings. The Kier molecular flexibility index (Phi) is 17.9. The average molecular weight is 607 g/mol. The summed E-state index contributed by atoms with van der Waals surface area (Å²) in [4.78, 5) is 66.7. The fraction of sp³-hybridized carbons (Fsp3) is 0.844. The molecule has 3 unspecified atom stereocenters. The summed E-state index contributed by atoms with van der Waals surface area (Å²) in [5.74, 6) is -0.801. The first-order valence-electron chi connectivity index (χ1n) is 16.9. The second-order valence-electron chi connectivity index (χ2n) is 12.1. The molecule has 2 fully saturated rings. The number of nitrogens with two attached hydrogens (primary N) is 1. The molecule has 11 heteroatoms. The number of carbonyl (C=O) groups is 5. The molecule has 11 nitrogen and oxygen atoms in total. The van der Waals surface area contributed by atoms with Gasteiger partial charge in [0, 0.05) is 46.1 Å². The Morgan fingerprint density at radius 1 is 0.744 bits per heavy atom. The Hall–Kier alpha value is -2.69. The van der Waals surface area contributed by atoms with E-state index in [1.54, 1.807) is 9.80 Å². The number of nitrogens with one attached hydrogen (secondary N) is 3. The van der Waals surface area contributed by atoms with Crippen LogP contribution in [0.25, 0.3) is 0 Å². The maximum absolute atomic E-state index is 13.3. The standard InChI is InChI=1S/C32H58N6O5/c1-3-4-5-6-7-8-9-10-11-19-29(40)38-24-15-18-28(38)32(43)36-26(30(41)35-22-20-33)16-12-13-21-34-31(42)27-17-14-23-37(27)25(2)39/h26-28H,3-24,33H2,1-2H3,(H,34,42)(H,35,41)(H,36,43). The lowest BCUT2D eigenvalue weighted by Gasteiger charge is -2.26. The highest BCUT2D eigenvalue weighted by atomic mass is 16.2. The molecule has 0 radical (unpaired) electrons. The third-order valence-corrected chi connectivity index (χ3v) is 8.63. The van der Waals surface area contributed by atoms with Crippen molar-refractivity contribution >= 4 is 29.5 Å². The second-order valence-corrected chi connectivity index (χ2v) is 12.1. The van der Waals surface area contributed by atoms with Gasteiger partial charge in [-0.25, -0.2) is 0 Å². The zero-order valence-corrected chi connectivity index (χ0v) is 26.8. The maximum atomic E-state index is 13.3. The van der Waals surface area contributed by atoms with Crippen molar-refractivity contribution < 1.29 is 24.0 Å². The molecule has 0 saturated carbocycles. The number of hydrogen-bond donors (Lipinski definition) is 4. The van der Waals surface area contributed by atoms with E-state index in [0.717, 1.165) is 32.1 Å². The van der Waals surface area contributed by atoms with Gasteiger partial charge in [-0.1, -0.05) is 58.3 Å². The molecule has 2 heterocycles. The normalized spacial score (nSPS) is 18.9. The second kappa shape index (κ2) is 21.1. The minimum atomic E-state index is -0.743. The minimum absolute atomic E-state index is 0.0195. The Bertz CT molecular complexity index is 884. The molecule has 0 aromatic rings. The molecule has 0 aromatic carbocycles. The molecule has 246 valence electrons. The van der Waals surface area contributed by atoms with Crippen LogP contribution >= 0.6 is 0 Å². The van der Waals surface area contributed by atoms with Gasteiger partial charge in [0.15, 0.2) is 0 Å². The quantitative estimate of drug-likeness (QED) is 0.147. The van der Waals surface area contributed by atoms with Crippen LogP contribution < -0.4 is 21.7 Å². The third kappa shape index (κ3) is 13.2. The lowest BCUT2D eigenvalue weighted by Crippen LogP contribution is -2.53. The van der Waals surface area contributed by atoms with E-state index in [4.69, 9.17) is 5.73 Å². The van der Waals surface area contributed by atoms with E-state index in [-0.39, 0.29) is 29.5 Å². The van der Waals surface area contributed by atoms with Crippen molar-refractivity contribution in [1.29, 1.82) is 0 Å². The predicted molar refractivity (Wildman–Crippen MR) is 168 cm³/mol. The van der Waals surface area contributed by atoms with E-state index in [2.05, 4.69) is 22.9 Å². The molecule has 0 aliphatic carbocycles. The number of rotatable bonds is 21. The molecule has 5 amide bonds. The van der Waals surface area contributed by atoms with Crippen LogP contribution in [0, 0.1) is 0 Å². The summed E-state index contributed by atoms with van der Waals surface area (Å²) >= 11 is 0. The zero-order chi connectivity index (χ0) is 31.5. The summed E-state index contributed by atoms with van der Waals surface area (Å²) in [6.07, 6.45) is 15.6. The Morgan fingerprint density at radius 3 is 1.98 bits per heavy atom. The van der Waals surface area contributed by atoms with Crippen molar-refractivity contribution in [1.82, 2.24) is 25.8 Å². The summed E-state index contributed by atoms with van der Waals surface area (Å²) in [5, 5.41) is 8.58. The van der Waals surface area contributed by atoms with Gasteiger partial charge in [0.1, 0.15) is 18.1 Å². The van der Waals surface area contributed by atoms with Crippen molar-refractivity contribution in [2.45, 2.75) is 141 Å². The Labute approximate surface area is 258 Å². The van der Waals surface area contributed by atoms with Gasteiger partial charge in [0.25, 0.3) is 0 Å². The third-order valence-electron chi connectivity index (χ3n) is 8.63. The first kappa shape index (κ1) is 36.5. The molecule has 0 spiro atoms. The van der Waals surface area contributed by atoms with E-state index in [9.17, 15) is 24.0 Å². The van der Waals surface area contributed by atoms with Crippen molar-refractivity contribution in [2.75, 3.05) is 32.7 Å². The number of carbonyl (C=O) groups excluding carboxylic acids is 5. The van der Waals surface area contributed by atoms with Gasteiger partial charge in [-0.15, -0.1) is 0 Å². The van der Waals surface area contributed by atoms with E-state index < -0.39 is 18.1 Å². The first-order chi connectivity index (χ1) is 20.8. The lowest BCUT2D eigenvalue weighted by molar-refractivity contribution is -0.139.